The van der Waals surface area contributed by atoms with E-state index in [4.69, 9.17) is 49.1 Å². The maximum Gasteiger partial charge on any atom is 0.338 e. The van der Waals surface area contributed by atoms with Crippen LogP contribution in [0.25, 0.3) is 0 Å². The van der Waals surface area contributed by atoms with Crippen molar-refractivity contribution in [3.63, 3.8) is 0 Å². The molecule has 2 rings (SSSR count). The first-order valence-electron chi connectivity index (χ1n) is 8.42. The van der Waals surface area contributed by atoms with Crippen LogP contribution in [0.5, 0.6) is 0 Å². The quantitative estimate of drug-likeness (QED) is 0.154. The van der Waals surface area contributed by atoms with E-state index in [1.165, 1.54) is 24.3 Å². The molecular weight excluding hydrogens is 498 g/mol. The number of non-ortho nitro benzene ring substituents is 1. The summed E-state index contributed by atoms with van der Waals surface area (Å²) in [6, 6.07) is 7.13. The highest BCUT2D eigenvalue weighted by atomic mass is 35.5. The number of hydrogen-bond donors (Lipinski definition) is 1. The van der Waals surface area contributed by atoms with Crippen molar-refractivity contribution in [2.24, 2.45) is 0 Å². The fourth-order valence-electron chi connectivity index (χ4n) is 2.23. The standard InChI is InChI=1S/C18H14Cl3FN2O6S/c19-14-6-16(21)17(7-15(14)20)31(28)30-13(5-11(22)8-23)9-29-18(25)10-1-3-12(4-2-10)24(26)27/h1-4,6-8,11,13,23H,5,9H2/t11-,13-,31?/m0/s1. The van der Waals surface area contributed by atoms with Gasteiger partial charge in [0.15, 0.2) is 11.1 Å². The second-order valence-electron chi connectivity index (χ2n) is 5.97. The summed E-state index contributed by atoms with van der Waals surface area (Å²) in [5.74, 6) is -0.855. The minimum atomic E-state index is -2.21. The molecule has 2 aromatic rings. The Bertz CT molecular complexity index is 1010. The third kappa shape index (κ3) is 7.22. The molecule has 0 bridgehead atoms. The minimum absolute atomic E-state index is 0.00166. The van der Waals surface area contributed by atoms with Gasteiger partial charge < -0.3 is 10.1 Å². The number of nitro benzene ring substituents is 1. The molecule has 0 radical (unpaired) electrons. The van der Waals surface area contributed by atoms with E-state index >= 15 is 0 Å². The van der Waals surface area contributed by atoms with Gasteiger partial charge in [0.25, 0.3) is 5.69 Å². The Morgan fingerprint density at radius 2 is 1.81 bits per heavy atom. The van der Waals surface area contributed by atoms with Crippen LogP contribution in [0.1, 0.15) is 16.8 Å². The molecule has 1 unspecified atom stereocenters. The lowest BCUT2D eigenvalue weighted by atomic mass is 10.2. The average molecular weight is 512 g/mol. The van der Waals surface area contributed by atoms with Gasteiger partial charge >= 0.3 is 5.97 Å². The van der Waals surface area contributed by atoms with Crippen molar-refractivity contribution in [2.75, 3.05) is 6.61 Å². The second kappa shape index (κ2) is 11.5. The van der Waals surface area contributed by atoms with Crippen LogP contribution in [-0.2, 0) is 20.0 Å². The number of hydrogen-bond acceptors (Lipinski definition) is 7. The van der Waals surface area contributed by atoms with Crippen LogP contribution in [-0.4, -0.2) is 40.2 Å². The molecule has 0 heterocycles. The Labute approximate surface area is 193 Å². The summed E-state index contributed by atoms with van der Waals surface area (Å²) in [6.45, 7) is -0.505. The first kappa shape index (κ1) is 25.2. The lowest BCUT2D eigenvalue weighted by Gasteiger charge is -2.18. The van der Waals surface area contributed by atoms with E-state index in [2.05, 4.69) is 0 Å². The topological polar surface area (TPSA) is 120 Å². The van der Waals surface area contributed by atoms with Gasteiger partial charge in [-0.05, 0) is 24.3 Å². The Kier molecular flexibility index (Phi) is 9.32. The SMILES string of the molecule is N=C[C@@H](F)C[C@@H](COC(=O)c1ccc([N+](=O)[O-])cc1)OS(=O)c1cc(Cl)c(Cl)cc1Cl. The molecule has 0 aromatic heterocycles. The van der Waals surface area contributed by atoms with Crippen molar-refractivity contribution in [1.82, 2.24) is 0 Å². The van der Waals surface area contributed by atoms with Gasteiger partial charge in [-0.25, -0.2) is 13.4 Å². The molecule has 13 heteroatoms. The summed E-state index contributed by atoms with van der Waals surface area (Å²) in [5, 5.41) is 17.9. The summed E-state index contributed by atoms with van der Waals surface area (Å²) in [5.41, 5.74) is -0.195. The number of esters is 1. The van der Waals surface area contributed by atoms with Gasteiger partial charge in [-0.3, -0.25) is 14.3 Å². The third-order valence-electron chi connectivity index (χ3n) is 3.76. The highest BCUT2D eigenvalue weighted by molar-refractivity contribution is 7.80. The maximum atomic E-state index is 13.7. The highest BCUT2D eigenvalue weighted by Crippen LogP contribution is 2.31. The number of alkyl halides is 1. The van der Waals surface area contributed by atoms with Crippen molar-refractivity contribution in [1.29, 1.82) is 5.41 Å². The first-order valence-corrected chi connectivity index (χ1v) is 10.6. The van der Waals surface area contributed by atoms with Crippen molar-refractivity contribution in [2.45, 2.75) is 23.6 Å². The first-order chi connectivity index (χ1) is 14.6. The van der Waals surface area contributed by atoms with E-state index in [1.54, 1.807) is 0 Å². The smallest absolute Gasteiger partial charge is 0.338 e. The van der Waals surface area contributed by atoms with E-state index in [0.717, 1.165) is 12.1 Å². The molecule has 0 fully saturated rings. The largest absolute Gasteiger partial charge is 0.459 e. The fourth-order valence-corrected chi connectivity index (χ4v) is 3.95. The Morgan fingerprint density at radius 3 is 2.39 bits per heavy atom. The van der Waals surface area contributed by atoms with Crippen molar-refractivity contribution < 1.29 is 27.2 Å². The van der Waals surface area contributed by atoms with Gasteiger partial charge in [0, 0.05) is 24.8 Å². The highest BCUT2D eigenvalue weighted by Gasteiger charge is 2.23. The molecule has 0 amide bonds. The third-order valence-corrected chi connectivity index (χ3v) is 6.05. The van der Waals surface area contributed by atoms with Crippen LogP contribution >= 0.6 is 34.8 Å². The van der Waals surface area contributed by atoms with Crippen LogP contribution < -0.4 is 0 Å². The van der Waals surface area contributed by atoms with Gasteiger partial charge in [0.05, 0.1) is 30.5 Å². The number of rotatable bonds is 10. The second-order valence-corrected chi connectivity index (χ2v) is 8.29. The number of nitrogens with one attached hydrogen (secondary N) is 1. The number of carbonyl (C=O) groups is 1. The zero-order chi connectivity index (χ0) is 23.1. The summed E-state index contributed by atoms with van der Waals surface area (Å²) in [6.07, 6.45) is -2.86. The molecule has 166 valence electrons. The molecule has 31 heavy (non-hydrogen) atoms. The van der Waals surface area contributed by atoms with E-state index in [-0.39, 0.29) is 31.2 Å². The molecule has 0 saturated carbocycles. The Balaban J connectivity index is 2.10. The number of nitrogens with zero attached hydrogens (tertiary/aromatic N) is 1. The van der Waals surface area contributed by atoms with Gasteiger partial charge in [-0.1, -0.05) is 34.8 Å². The summed E-state index contributed by atoms with van der Waals surface area (Å²) >= 11 is 15.5. The number of benzene rings is 2. The molecule has 0 aliphatic rings. The van der Waals surface area contributed by atoms with Crippen LogP contribution in [0.3, 0.4) is 0 Å². The minimum Gasteiger partial charge on any atom is -0.459 e. The molecule has 0 aliphatic heterocycles. The van der Waals surface area contributed by atoms with Gasteiger partial charge in [-0.15, -0.1) is 0 Å². The molecule has 2 aromatic carbocycles. The van der Waals surface area contributed by atoms with Crippen molar-refractivity contribution in [3.05, 3.63) is 67.1 Å². The number of ether oxygens (including phenoxy) is 1. The molecular formula is C18H14Cl3FN2O6S. The molecule has 3 atom stereocenters. The van der Waals surface area contributed by atoms with Crippen LogP contribution in [0, 0.1) is 15.5 Å². The number of nitro groups is 1. The molecule has 0 saturated heterocycles. The van der Waals surface area contributed by atoms with Gasteiger partial charge in [0.2, 0.25) is 0 Å². The molecule has 0 spiro atoms. The monoisotopic (exact) mass is 510 g/mol. The van der Waals surface area contributed by atoms with Crippen LogP contribution in [0.2, 0.25) is 15.1 Å². The van der Waals surface area contributed by atoms with E-state index in [1.807, 2.05) is 0 Å². The predicted octanol–water partition coefficient (Wildman–Crippen LogP) is 5.20. The zero-order valence-corrected chi connectivity index (χ0v) is 18.5. The van der Waals surface area contributed by atoms with E-state index in [0.29, 0.717) is 6.21 Å². The molecule has 0 aliphatic carbocycles. The maximum absolute atomic E-state index is 13.7. The van der Waals surface area contributed by atoms with Gasteiger partial charge in [-0.2, -0.15) is 0 Å². The normalized spacial score (nSPS) is 13.8. The molecule has 8 nitrogen and oxygen atoms in total. The van der Waals surface area contributed by atoms with Gasteiger partial charge in [0.1, 0.15) is 18.9 Å². The zero-order valence-electron chi connectivity index (χ0n) is 15.4. The Morgan fingerprint density at radius 1 is 1.19 bits per heavy atom. The predicted molar refractivity (Wildman–Crippen MR) is 114 cm³/mol. The summed E-state index contributed by atoms with van der Waals surface area (Å²) in [4.78, 5) is 22.2. The Hall–Kier alpha value is -2.11. The van der Waals surface area contributed by atoms with Crippen molar-refractivity contribution >= 4 is 63.8 Å². The number of halogens is 4. The summed E-state index contributed by atoms with van der Waals surface area (Å²) < 4.78 is 36.6. The molecule has 1 N–H and O–H groups in total. The number of carbonyl (C=O) groups excluding carboxylic acids is 1. The van der Waals surface area contributed by atoms with Crippen molar-refractivity contribution in [3.8, 4) is 0 Å². The van der Waals surface area contributed by atoms with Crippen LogP contribution in [0.4, 0.5) is 10.1 Å². The fraction of sp³-hybridized carbons (Fsp3) is 0.222. The lowest BCUT2D eigenvalue weighted by molar-refractivity contribution is -0.384. The van der Waals surface area contributed by atoms with E-state index in [9.17, 15) is 23.5 Å². The average Bonchev–Trinajstić information content (AvgIpc) is 2.74. The lowest BCUT2D eigenvalue weighted by Crippen LogP contribution is -2.27. The summed E-state index contributed by atoms with van der Waals surface area (Å²) in [7, 11) is 0. The van der Waals surface area contributed by atoms with E-state index < -0.39 is 47.3 Å². The van der Waals surface area contributed by atoms with Crippen LogP contribution in [0.15, 0.2) is 41.3 Å².